The second-order valence-corrected chi connectivity index (χ2v) is 4.79. The second-order valence-electron chi connectivity index (χ2n) is 4.79. The van der Waals surface area contributed by atoms with E-state index in [1.807, 2.05) is 26.0 Å². The Morgan fingerprint density at radius 1 is 1.48 bits per heavy atom. The summed E-state index contributed by atoms with van der Waals surface area (Å²) in [5, 5.41) is 2.74. The lowest BCUT2D eigenvalue weighted by Crippen LogP contribution is -2.39. The van der Waals surface area contributed by atoms with Crippen molar-refractivity contribution in [1.82, 2.24) is 4.98 Å². The van der Waals surface area contributed by atoms with E-state index < -0.39 is 6.04 Å². The molecule has 2 aromatic rings. The first kappa shape index (κ1) is 15.2. The number of carbonyl (C=O) groups excluding carboxylic acids is 1. The molecule has 0 bridgehead atoms. The van der Waals surface area contributed by atoms with Gasteiger partial charge in [-0.15, -0.1) is 0 Å². The minimum Gasteiger partial charge on any atom is -0.441 e. The molecule has 0 saturated heterocycles. The van der Waals surface area contributed by atoms with Crippen LogP contribution in [0.4, 0.5) is 5.69 Å². The lowest BCUT2D eigenvalue weighted by Gasteiger charge is -2.11. The van der Waals surface area contributed by atoms with Gasteiger partial charge < -0.3 is 20.2 Å². The van der Waals surface area contributed by atoms with Crippen LogP contribution in [0.15, 0.2) is 28.7 Å². The van der Waals surface area contributed by atoms with Crippen LogP contribution in [0.25, 0.3) is 11.5 Å². The summed E-state index contributed by atoms with van der Waals surface area (Å²) in [6, 6.07) is 6.56. The molecule has 0 fully saturated rings. The molecule has 0 aliphatic rings. The molecule has 0 aliphatic heterocycles. The van der Waals surface area contributed by atoms with Gasteiger partial charge in [0.05, 0.1) is 12.3 Å². The number of ether oxygens (including phenoxy) is 1. The van der Waals surface area contributed by atoms with Gasteiger partial charge in [-0.1, -0.05) is 6.07 Å². The third-order valence-electron chi connectivity index (χ3n) is 3.09. The summed E-state index contributed by atoms with van der Waals surface area (Å²) in [6.07, 6.45) is 0. The van der Waals surface area contributed by atoms with Gasteiger partial charge >= 0.3 is 0 Å². The van der Waals surface area contributed by atoms with Crippen molar-refractivity contribution in [2.45, 2.75) is 19.9 Å². The number of hydrogen-bond acceptors (Lipinski definition) is 5. The molecule has 0 saturated carbocycles. The standard InChI is InChI=1S/C15H19N3O3/c1-9-10(2)21-15(17-9)11-5-4-6-12(7-11)18-14(19)13(16)8-20-3/h4-7,13H,8,16H2,1-3H3,(H,18,19). The summed E-state index contributed by atoms with van der Waals surface area (Å²) in [6.45, 7) is 3.92. The van der Waals surface area contributed by atoms with Gasteiger partial charge in [0.1, 0.15) is 11.8 Å². The Balaban J connectivity index is 2.16. The predicted octanol–water partition coefficient (Wildman–Crippen LogP) is 1.87. The Kier molecular flexibility index (Phi) is 4.72. The molecule has 0 radical (unpaired) electrons. The van der Waals surface area contributed by atoms with Crippen molar-refractivity contribution < 1.29 is 13.9 Å². The van der Waals surface area contributed by atoms with Crippen molar-refractivity contribution in [2.75, 3.05) is 19.0 Å². The number of aryl methyl sites for hydroxylation is 2. The van der Waals surface area contributed by atoms with Gasteiger partial charge in [-0.2, -0.15) is 0 Å². The molecule has 2 rings (SSSR count). The Morgan fingerprint density at radius 2 is 2.24 bits per heavy atom. The topological polar surface area (TPSA) is 90.4 Å². The zero-order chi connectivity index (χ0) is 15.4. The molecule has 1 amide bonds. The lowest BCUT2D eigenvalue weighted by atomic mass is 10.2. The number of hydrogen-bond donors (Lipinski definition) is 2. The van der Waals surface area contributed by atoms with Crippen LogP contribution in [-0.4, -0.2) is 30.6 Å². The van der Waals surface area contributed by atoms with Crippen molar-refractivity contribution in [3.63, 3.8) is 0 Å². The molecule has 1 aromatic carbocycles. The van der Waals surface area contributed by atoms with Crippen LogP contribution in [0, 0.1) is 13.8 Å². The van der Waals surface area contributed by atoms with Gasteiger partial charge in [0.2, 0.25) is 11.8 Å². The van der Waals surface area contributed by atoms with Gasteiger partial charge in [-0.3, -0.25) is 4.79 Å². The molecule has 1 heterocycles. The van der Waals surface area contributed by atoms with Crippen LogP contribution in [0.2, 0.25) is 0 Å². The third-order valence-corrected chi connectivity index (χ3v) is 3.09. The molecule has 0 spiro atoms. The summed E-state index contributed by atoms with van der Waals surface area (Å²) < 4.78 is 10.4. The maximum Gasteiger partial charge on any atom is 0.243 e. The van der Waals surface area contributed by atoms with E-state index in [2.05, 4.69) is 10.3 Å². The number of amides is 1. The minimum absolute atomic E-state index is 0.170. The summed E-state index contributed by atoms with van der Waals surface area (Å²) in [5.74, 6) is 1.01. The molecule has 1 aromatic heterocycles. The van der Waals surface area contributed by atoms with Crippen LogP contribution in [-0.2, 0) is 9.53 Å². The van der Waals surface area contributed by atoms with Crippen molar-refractivity contribution in [1.29, 1.82) is 0 Å². The molecule has 112 valence electrons. The Bertz CT molecular complexity index is 617. The predicted molar refractivity (Wildman–Crippen MR) is 79.9 cm³/mol. The fourth-order valence-electron chi connectivity index (χ4n) is 1.82. The van der Waals surface area contributed by atoms with E-state index >= 15 is 0 Å². The minimum atomic E-state index is -0.704. The first-order valence-corrected chi connectivity index (χ1v) is 6.61. The fourth-order valence-corrected chi connectivity index (χ4v) is 1.82. The highest BCUT2D eigenvalue weighted by Gasteiger charge is 2.14. The number of anilines is 1. The fraction of sp³-hybridized carbons (Fsp3) is 0.333. The van der Waals surface area contributed by atoms with E-state index in [1.165, 1.54) is 7.11 Å². The lowest BCUT2D eigenvalue weighted by molar-refractivity contribution is -0.118. The molecule has 21 heavy (non-hydrogen) atoms. The Hall–Kier alpha value is -2.18. The summed E-state index contributed by atoms with van der Waals surface area (Å²) >= 11 is 0. The summed E-state index contributed by atoms with van der Waals surface area (Å²) in [5.41, 5.74) is 7.96. The van der Waals surface area contributed by atoms with E-state index in [4.69, 9.17) is 14.9 Å². The van der Waals surface area contributed by atoms with Crippen molar-refractivity contribution in [3.8, 4) is 11.5 Å². The number of nitrogens with two attached hydrogens (primary N) is 1. The maximum absolute atomic E-state index is 11.9. The smallest absolute Gasteiger partial charge is 0.243 e. The largest absolute Gasteiger partial charge is 0.441 e. The highest BCUT2D eigenvalue weighted by molar-refractivity contribution is 5.95. The molecule has 6 heteroatoms. The third kappa shape index (κ3) is 3.68. The normalized spacial score (nSPS) is 12.2. The van der Waals surface area contributed by atoms with E-state index in [-0.39, 0.29) is 12.5 Å². The van der Waals surface area contributed by atoms with Crippen LogP contribution in [0.3, 0.4) is 0 Å². The van der Waals surface area contributed by atoms with E-state index in [0.29, 0.717) is 11.6 Å². The number of nitrogens with zero attached hydrogens (tertiary/aromatic N) is 1. The summed E-state index contributed by atoms with van der Waals surface area (Å²) in [7, 11) is 1.50. The van der Waals surface area contributed by atoms with Gasteiger partial charge in [0.25, 0.3) is 0 Å². The molecule has 3 N–H and O–H groups in total. The van der Waals surface area contributed by atoms with Gasteiger partial charge in [0.15, 0.2) is 0 Å². The SMILES string of the molecule is COCC(N)C(=O)Nc1cccc(-c2nc(C)c(C)o2)c1. The monoisotopic (exact) mass is 289 g/mol. The van der Waals surface area contributed by atoms with Crippen molar-refractivity contribution >= 4 is 11.6 Å². The Labute approximate surface area is 123 Å². The average molecular weight is 289 g/mol. The first-order chi connectivity index (χ1) is 10.0. The van der Waals surface area contributed by atoms with Crippen molar-refractivity contribution in [2.24, 2.45) is 5.73 Å². The van der Waals surface area contributed by atoms with Crippen LogP contribution in [0.1, 0.15) is 11.5 Å². The van der Waals surface area contributed by atoms with E-state index in [1.54, 1.807) is 12.1 Å². The second kappa shape index (κ2) is 6.51. The number of rotatable bonds is 5. The van der Waals surface area contributed by atoms with Gasteiger partial charge in [-0.05, 0) is 32.0 Å². The van der Waals surface area contributed by atoms with Crippen LogP contribution < -0.4 is 11.1 Å². The number of benzene rings is 1. The van der Waals surface area contributed by atoms with E-state index in [9.17, 15) is 4.79 Å². The molecule has 6 nitrogen and oxygen atoms in total. The van der Waals surface area contributed by atoms with E-state index in [0.717, 1.165) is 17.0 Å². The highest BCUT2D eigenvalue weighted by atomic mass is 16.5. The van der Waals surface area contributed by atoms with Crippen molar-refractivity contribution in [3.05, 3.63) is 35.7 Å². The highest BCUT2D eigenvalue weighted by Crippen LogP contribution is 2.24. The molecule has 1 atom stereocenters. The van der Waals surface area contributed by atoms with Crippen LogP contribution >= 0.6 is 0 Å². The number of methoxy groups -OCH3 is 1. The average Bonchev–Trinajstić information content (AvgIpc) is 2.79. The molecular weight excluding hydrogens is 270 g/mol. The number of carbonyl (C=O) groups is 1. The first-order valence-electron chi connectivity index (χ1n) is 6.61. The number of nitrogens with one attached hydrogen (secondary N) is 1. The Morgan fingerprint density at radius 3 is 2.86 bits per heavy atom. The quantitative estimate of drug-likeness (QED) is 0.877. The van der Waals surface area contributed by atoms with Crippen LogP contribution in [0.5, 0.6) is 0 Å². The zero-order valence-corrected chi connectivity index (χ0v) is 12.3. The maximum atomic E-state index is 11.9. The molecule has 1 unspecified atom stereocenters. The molecular formula is C15H19N3O3. The number of oxazole rings is 1. The van der Waals surface area contributed by atoms with Gasteiger partial charge in [0, 0.05) is 18.4 Å². The number of aromatic nitrogens is 1. The zero-order valence-electron chi connectivity index (χ0n) is 12.3. The summed E-state index contributed by atoms with van der Waals surface area (Å²) in [4.78, 5) is 16.2. The molecule has 0 aliphatic carbocycles. The van der Waals surface area contributed by atoms with Gasteiger partial charge in [-0.25, -0.2) is 4.98 Å².